The molecule has 4 heteroatoms. The summed E-state index contributed by atoms with van der Waals surface area (Å²) >= 11 is 0. The number of likely N-dealkylation sites (tertiary alicyclic amines) is 1. The van der Waals surface area contributed by atoms with Crippen molar-refractivity contribution in [3.05, 3.63) is 0 Å². The monoisotopic (exact) mass is 253 g/mol. The van der Waals surface area contributed by atoms with Gasteiger partial charge in [-0.15, -0.1) is 0 Å². The number of nitrogens with zero attached hydrogens (tertiary/aromatic N) is 1. The van der Waals surface area contributed by atoms with Gasteiger partial charge < -0.3 is 11.1 Å². The largest absolute Gasteiger partial charge is 0.352 e. The van der Waals surface area contributed by atoms with E-state index in [0.717, 1.165) is 32.4 Å². The lowest BCUT2D eigenvalue weighted by Crippen LogP contribution is -2.43. The van der Waals surface area contributed by atoms with Gasteiger partial charge >= 0.3 is 0 Å². The Labute approximate surface area is 110 Å². The topological polar surface area (TPSA) is 58.4 Å². The third-order valence-electron chi connectivity index (χ3n) is 4.47. The zero-order valence-corrected chi connectivity index (χ0v) is 11.6. The Hall–Kier alpha value is -0.610. The number of rotatable bonds is 4. The van der Waals surface area contributed by atoms with Gasteiger partial charge in [-0.25, -0.2) is 0 Å². The minimum Gasteiger partial charge on any atom is -0.352 e. The van der Waals surface area contributed by atoms with Gasteiger partial charge in [0.2, 0.25) is 5.91 Å². The summed E-state index contributed by atoms with van der Waals surface area (Å²) in [6, 6.07) is 0.426. The summed E-state index contributed by atoms with van der Waals surface area (Å²) in [5.74, 6) is 0.197. The fourth-order valence-electron chi connectivity index (χ4n) is 3.15. The highest BCUT2D eigenvalue weighted by Crippen LogP contribution is 2.28. The Kier molecular flexibility index (Phi) is 4.62. The lowest BCUT2D eigenvalue weighted by atomic mass is 9.90. The van der Waals surface area contributed by atoms with E-state index in [1.54, 1.807) is 0 Å². The van der Waals surface area contributed by atoms with Crippen molar-refractivity contribution >= 4 is 5.91 Å². The van der Waals surface area contributed by atoms with Crippen molar-refractivity contribution < 1.29 is 4.79 Å². The molecular formula is C14H27N3O. The molecule has 2 rings (SSSR count). The molecule has 1 atom stereocenters. The number of carbonyl (C=O) groups excluding carboxylic acids is 1. The molecule has 1 amide bonds. The Balaban J connectivity index is 1.71. The van der Waals surface area contributed by atoms with Gasteiger partial charge in [-0.2, -0.15) is 0 Å². The summed E-state index contributed by atoms with van der Waals surface area (Å²) in [5.41, 5.74) is 6.00. The fourth-order valence-corrected chi connectivity index (χ4v) is 3.15. The Morgan fingerprint density at radius 2 is 2.11 bits per heavy atom. The van der Waals surface area contributed by atoms with E-state index in [0.29, 0.717) is 19.1 Å². The molecule has 2 fully saturated rings. The summed E-state index contributed by atoms with van der Waals surface area (Å²) in [5, 5.41) is 3.18. The lowest BCUT2D eigenvalue weighted by molar-refractivity contribution is -0.123. The van der Waals surface area contributed by atoms with Crippen molar-refractivity contribution in [1.29, 1.82) is 0 Å². The van der Waals surface area contributed by atoms with E-state index in [1.165, 1.54) is 19.3 Å². The smallest absolute Gasteiger partial charge is 0.234 e. The third-order valence-corrected chi connectivity index (χ3v) is 4.47. The molecule has 1 aliphatic carbocycles. The summed E-state index contributed by atoms with van der Waals surface area (Å²) in [6.45, 7) is 5.44. The maximum Gasteiger partial charge on any atom is 0.234 e. The van der Waals surface area contributed by atoms with Gasteiger partial charge in [0.05, 0.1) is 6.54 Å². The first kappa shape index (κ1) is 13.8. The second kappa shape index (κ2) is 6.02. The fraction of sp³-hybridized carbons (Fsp3) is 0.929. The maximum atomic E-state index is 12.0. The van der Waals surface area contributed by atoms with Crippen molar-refractivity contribution in [2.24, 2.45) is 11.1 Å². The van der Waals surface area contributed by atoms with E-state index in [1.807, 2.05) is 0 Å². The molecule has 1 aliphatic heterocycles. The predicted molar refractivity (Wildman–Crippen MR) is 73.2 cm³/mol. The van der Waals surface area contributed by atoms with Crippen molar-refractivity contribution in [3.63, 3.8) is 0 Å². The summed E-state index contributed by atoms with van der Waals surface area (Å²) in [7, 11) is 0. The molecule has 0 radical (unpaired) electrons. The van der Waals surface area contributed by atoms with Crippen LogP contribution in [0.3, 0.4) is 0 Å². The van der Waals surface area contributed by atoms with Crippen LogP contribution in [-0.4, -0.2) is 43.0 Å². The number of hydrogen-bond donors (Lipinski definition) is 2. The Morgan fingerprint density at radius 1 is 1.39 bits per heavy atom. The molecule has 1 saturated heterocycles. The van der Waals surface area contributed by atoms with Crippen LogP contribution in [0.25, 0.3) is 0 Å². The molecule has 0 aromatic heterocycles. The number of nitrogens with one attached hydrogen (secondary N) is 1. The van der Waals surface area contributed by atoms with Gasteiger partial charge in [0, 0.05) is 12.6 Å². The standard InChI is InChI=1S/C14H27N3O/c1-14(10-15)7-8-17(11-14)9-13(18)16-12-5-3-2-4-6-12/h12H,2-11,15H2,1H3,(H,16,18). The molecular weight excluding hydrogens is 226 g/mol. The van der Waals surface area contributed by atoms with Gasteiger partial charge in [0.15, 0.2) is 0 Å². The van der Waals surface area contributed by atoms with Crippen molar-refractivity contribution in [3.8, 4) is 0 Å². The highest BCUT2D eigenvalue weighted by atomic mass is 16.2. The molecule has 1 saturated carbocycles. The highest BCUT2D eigenvalue weighted by molar-refractivity contribution is 5.78. The molecule has 0 aromatic carbocycles. The first-order valence-electron chi connectivity index (χ1n) is 7.33. The minimum absolute atomic E-state index is 0.197. The zero-order valence-electron chi connectivity index (χ0n) is 11.6. The maximum absolute atomic E-state index is 12.0. The van der Waals surface area contributed by atoms with Crippen LogP contribution in [0.15, 0.2) is 0 Å². The highest BCUT2D eigenvalue weighted by Gasteiger charge is 2.33. The van der Waals surface area contributed by atoms with E-state index in [9.17, 15) is 4.79 Å². The van der Waals surface area contributed by atoms with Gasteiger partial charge in [-0.1, -0.05) is 26.2 Å². The van der Waals surface area contributed by atoms with Crippen LogP contribution >= 0.6 is 0 Å². The second-order valence-electron chi connectivity index (χ2n) is 6.38. The van der Waals surface area contributed by atoms with Gasteiger partial charge in [-0.05, 0) is 37.8 Å². The number of amides is 1. The molecule has 104 valence electrons. The number of hydrogen-bond acceptors (Lipinski definition) is 3. The van der Waals surface area contributed by atoms with Gasteiger partial charge in [-0.3, -0.25) is 9.69 Å². The molecule has 0 spiro atoms. The van der Waals surface area contributed by atoms with Gasteiger partial charge in [0.1, 0.15) is 0 Å². The first-order valence-corrected chi connectivity index (χ1v) is 7.33. The molecule has 0 bridgehead atoms. The quantitative estimate of drug-likeness (QED) is 0.789. The van der Waals surface area contributed by atoms with Crippen molar-refractivity contribution in [1.82, 2.24) is 10.2 Å². The minimum atomic E-state index is 0.197. The second-order valence-corrected chi connectivity index (χ2v) is 6.38. The normalized spacial score (nSPS) is 30.6. The van der Waals surface area contributed by atoms with Gasteiger partial charge in [0.25, 0.3) is 0 Å². The molecule has 2 aliphatic rings. The van der Waals surface area contributed by atoms with Crippen LogP contribution in [0.2, 0.25) is 0 Å². The Morgan fingerprint density at radius 3 is 2.72 bits per heavy atom. The van der Waals surface area contributed by atoms with Crippen molar-refractivity contribution in [2.75, 3.05) is 26.2 Å². The average Bonchev–Trinajstić information content (AvgIpc) is 2.73. The summed E-state index contributed by atoms with van der Waals surface area (Å²) in [4.78, 5) is 14.2. The predicted octanol–water partition coefficient (Wildman–Crippen LogP) is 1.11. The lowest BCUT2D eigenvalue weighted by Gasteiger charge is -2.25. The molecule has 4 nitrogen and oxygen atoms in total. The van der Waals surface area contributed by atoms with E-state index in [2.05, 4.69) is 17.1 Å². The number of carbonyl (C=O) groups is 1. The zero-order chi connectivity index (χ0) is 13.0. The summed E-state index contributed by atoms with van der Waals surface area (Å²) in [6.07, 6.45) is 7.28. The van der Waals surface area contributed by atoms with E-state index in [4.69, 9.17) is 5.73 Å². The molecule has 3 N–H and O–H groups in total. The molecule has 1 heterocycles. The SMILES string of the molecule is CC1(CN)CCN(CC(=O)NC2CCCCC2)C1. The van der Waals surface area contributed by atoms with E-state index >= 15 is 0 Å². The third kappa shape index (κ3) is 3.69. The molecule has 18 heavy (non-hydrogen) atoms. The average molecular weight is 253 g/mol. The van der Waals surface area contributed by atoms with Crippen LogP contribution < -0.4 is 11.1 Å². The van der Waals surface area contributed by atoms with Crippen LogP contribution in [0.5, 0.6) is 0 Å². The Bertz CT molecular complexity index is 289. The van der Waals surface area contributed by atoms with Crippen LogP contribution in [-0.2, 0) is 4.79 Å². The van der Waals surface area contributed by atoms with Crippen LogP contribution in [0.4, 0.5) is 0 Å². The first-order chi connectivity index (χ1) is 8.61. The van der Waals surface area contributed by atoms with E-state index < -0.39 is 0 Å². The summed E-state index contributed by atoms with van der Waals surface area (Å²) < 4.78 is 0. The molecule has 1 unspecified atom stereocenters. The van der Waals surface area contributed by atoms with E-state index in [-0.39, 0.29) is 11.3 Å². The van der Waals surface area contributed by atoms with Crippen LogP contribution in [0.1, 0.15) is 45.4 Å². The van der Waals surface area contributed by atoms with Crippen LogP contribution in [0, 0.1) is 5.41 Å². The number of nitrogens with two attached hydrogens (primary N) is 1. The molecule has 0 aromatic rings. The van der Waals surface area contributed by atoms with Crippen molar-refractivity contribution in [2.45, 2.75) is 51.5 Å².